The molecule has 7 heterocycles. The molecule has 2 amide bonds. The number of halogens is 1. The monoisotopic (exact) mass is 1920 g/mol. The SMILES string of the molecule is CCCc1ccc2c(c1)C(CC(=O)N1CCCCC1)C(C(=O)OCC)=C(N)O2.CCCc1ccc2c(c1)C(CC(=O)OCC)C(C(=O)OCC)=C(N)O2.CCOC(=O)C1=C(N)Oc2ccc(-c3ccccc3)cc2C1CC(=O)N1CCCCC1.CCOC(=O)CC1C(C(=O)OCC)=C(N)Oc2ccc(-c3ccccc3)cc21.CCOC(=O)CC1C(C(=O)OCC)=C(N)Oc2ccc(Br)cc21. The summed E-state index contributed by atoms with van der Waals surface area (Å²) in [6.45, 7) is 23.0. The molecule has 5 atom stereocenters. The van der Waals surface area contributed by atoms with Crippen LogP contribution in [0.3, 0.4) is 0 Å². The number of aryl methyl sites for hydroxylation is 2. The molecule has 0 radical (unpaired) electrons. The second kappa shape index (κ2) is 51.0. The van der Waals surface area contributed by atoms with Crippen LogP contribution in [0.15, 0.2) is 213 Å². The summed E-state index contributed by atoms with van der Waals surface area (Å²) >= 11 is 3.38. The summed E-state index contributed by atoms with van der Waals surface area (Å²) in [5.74, 6) is -3.96. The second-order valence-corrected chi connectivity index (χ2v) is 33.2. The Kier molecular flexibility index (Phi) is 39.1. The maximum atomic E-state index is 13.1. The topological polar surface area (TPSA) is 427 Å². The molecule has 5 unspecified atom stereocenters. The normalized spacial score (nSPS) is 17.1. The smallest absolute Gasteiger partial charge is 0.340 e. The molecular formula is C104H124BrN7O23. The largest absolute Gasteiger partial charge is 0.466 e. The third-order valence-electron chi connectivity index (χ3n) is 23.2. The Labute approximate surface area is 796 Å². The third kappa shape index (κ3) is 27.1. The average molecular weight is 1920 g/mol. The van der Waals surface area contributed by atoms with Crippen LogP contribution in [0.25, 0.3) is 22.3 Å². The van der Waals surface area contributed by atoms with Gasteiger partial charge in [-0.05, 0) is 195 Å². The van der Waals surface area contributed by atoms with Crippen molar-refractivity contribution in [2.24, 2.45) is 28.7 Å². The van der Waals surface area contributed by atoms with Gasteiger partial charge in [0.1, 0.15) is 56.6 Å². The maximum Gasteiger partial charge on any atom is 0.340 e. The van der Waals surface area contributed by atoms with Crippen LogP contribution < -0.4 is 52.4 Å². The number of carbonyl (C=O) groups is 10. The van der Waals surface area contributed by atoms with Crippen LogP contribution in [-0.4, -0.2) is 148 Å². The Morgan fingerprint density at radius 1 is 0.296 bits per heavy atom. The molecule has 720 valence electrons. The molecule has 0 aliphatic carbocycles. The molecule has 7 aromatic rings. The van der Waals surface area contributed by atoms with Crippen LogP contribution >= 0.6 is 15.9 Å². The van der Waals surface area contributed by atoms with E-state index in [1.807, 2.05) is 137 Å². The zero-order valence-electron chi connectivity index (χ0n) is 78.5. The molecule has 0 spiro atoms. The van der Waals surface area contributed by atoms with E-state index in [0.29, 0.717) is 39.9 Å². The number of hydrogen-bond donors (Lipinski definition) is 5. The van der Waals surface area contributed by atoms with Crippen LogP contribution in [-0.2, 0) is 98.7 Å². The molecule has 0 bridgehead atoms. The van der Waals surface area contributed by atoms with Crippen molar-refractivity contribution in [3.05, 3.63) is 252 Å². The fourth-order valence-electron chi connectivity index (χ4n) is 17.0. The first-order valence-corrected chi connectivity index (χ1v) is 47.1. The van der Waals surface area contributed by atoms with Crippen molar-refractivity contribution in [3.63, 3.8) is 0 Å². The van der Waals surface area contributed by atoms with Crippen LogP contribution in [0, 0.1) is 0 Å². The van der Waals surface area contributed by atoms with Gasteiger partial charge in [0.2, 0.25) is 41.2 Å². The van der Waals surface area contributed by atoms with E-state index < -0.39 is 77.3 Å². The molecule has 7 aromatic carbocycles. The number of nitrogens with two attached hydrogens (primary N) is 5. The first-order chi connectivity index (χ1) is 65.2. The van der Waals surface area contributed by atoms with E-state index in [9.17, 15) is 47.9 Å². The van der Waals surface area contributed by atoms with Gasteiger partial charge in [0.05, 0.1) is 72.1 Å². The van der Waals surface area contributed by atoms with Gasteiger partial charge in [-0.1, -0.05) is 140 Å². The molecule has 0 aromatic heterocycles. The highest BCUT2D eigenvalue weighted by Crippen LogP contribution is 2.49. The summed E-state index contributed by atoms with van der Waals surface area (Å²) in [5.41, 5.74) is 41.1. The van der Waals surface area contributed by atoms with E-state index in [1.165, 1.54) is 0 Å². The highest BCUT2D eigenvalue weighted by Gasteiger charge is 2.43. The number of carbonyl (C=O) groups excluding carboxylic acids is 10. The third-order valence-corrected chi connectivity index (χ3v) is 23.7. The van der Waals surface area contributed by atoms with Crippen LogP contribution in [0.2, 0.25) is 0 Å². The average Bonchev–Trinajstić information content (AvgIpc) is 0.826. The molecular weight excluding hydrogens is 1800 g/mol. The van der Waals surface area contributed by atoms with Crippen molar-refractivity contribution >= 4 is 75.5 Å². The van der Waals surface area contributed by atoms with E-state index in [0.717, 1.165) is 145 Å². The van der Waals surface area contributed by atoms with Crippen LogP contribution in [0.5, 0.6) is 28.7 Å². The number of fused-ring (bicyclic) bond motifs is 5. The van der Waals surface area contributed by atoms with Gasteiger partial charge in [0, 0.05) is 101 Å². The summed E-state index contributed by atoms with van der Waals surface area (Å²) in [5, 5.41) is 0. The lowest BCUT2D eigenvalue weighted by molar-refractivity contribution is -0.145. The molecule has 7 aliphatic rings. The lowest BCUT2D eigenvalue weighted by Gasteiger charge is -2.31. The molecule has 7 aliphatic heterocycles. The van der Waals surface area contributed by atoms with Gasteiger partial charge in [-0.2, -0.15) is 0 Å². The number of benzene rings is 7. The minimum atomic E-state index is -0.606. The maximum absolute atomic E-state index is 13.1. The van der Waals surface area contributed by atoms with Crippen molar-refractivity contribution in [1.82, 2.24) is 9.80 Å². The highest BCUT2D eigenvalue weighted by atomic mass is 79.9. The number of rotatable bonds is 29. The number of hydrogen-bond acceptors (Lipinski definition) is 28. The summed E-state index contributed by atoms with van der Waals surface area (Å²) in [7, 11) is 0. The molecule has 30 nitrogen and oxygen atoms in total. The van der Waals surface area contributed by atoms with Gasteiger partial charge < -0.3 is 100 Å². The lowest BCUT2D eigenvalue weighted by Crippen LogP contribution is -2.37. The van der Waals surface area contributed by atoms with E-state index >= 15 is 0 Å². The summed E-state index contributed by atoms with van der Waals surface area (Å²) in [4.78, 5) is 129. The molecule has 2 saturated heterocycles. The van der Waals surface area contributed by atoms with Gasteiger partial charge in [-0.25, -0.2) is 24.0 Å². The van der Waals surface area contributed by atoms with E-state index in [2.05, 4.69) is 29.8 Å². The number of amides is 2. The van der Waals surface area contributed by atoms with Crippen molar-refractivity contribution in [2.45, 2.75) is 195 Å². The standard InChI is InChI=1S/C25H28N2O4.C22H30N2O4.C22H23NO5.C19H25NO5.C16H18BrNO5/c1-2-30-25(29)23-20(16-22(28)27-13-7-4-8-14-27)19-15-18(17-9-5-3-6-10-17)11-12-21(19)31-24(23)26;1-3-8-15-9-10-18-16(13-15)17(14-19(25)24-11-6-5-7-12-24)20(21(23)28-18)22(26)27-4-2;1-3-26-19(24)13-17-16-12-15(14-8-6-5-7-9-14)10-11-18(16)28-21(23)20(17)22(25)27-4-2;1-4-7-12-8-9-15-13(10-12)14(11-16(21)23-5-2)17(18(20)25-15)19(22)24-6-3;1-3-21-13(19)8-11-10-7-9(17)5-6-12(10)23-15(18)14(11)16(20)22-4-2/h3,5-6,9-12,15,20H,2,4,7-8,13-14,16,26H2,1H3;9-10,13,17H,3-8,11-12,14,23H2,1-2H3;5-12,17H,3-4,13,23H2,1-2H3;8-10,14H,4-7,11,20H2,1-3H3;5-7,11H,3-4,8,18H2,1-2H3. The Bertz CT molecular complexity index is 5560. The highest BCUT2D eigenvalue weighted by molar-refractivity contribution is 9.10. The zero-order valence-corrected chi connectivity index (χ0v) is 80.0. The predicted molar refractivity (Wildman–Crippen MR) is 509 cm³/mol. The number of esters is 8. The fourth-order valence-corrected chi connectivity index (χ4v) is 17.4. The Morgan fingerprint density at radius 3 is 0.822 bits per heavy atom. The molecule has 31 heteroatoms. The number of nitrogens with zero attached hydrogens (tertiary/aromatic N) is 2. The van der Waals surface area contributed by atoms with Gasteiger partial charge in [-0.15, -0.1) is 0 Å². The van der Waals surface area contributed by atoms with Gasteiger partial charge >= 0.3 is 47.8 Å². The minimum Gasteiger partial charge on any atom is -0.466 e. The van der Waals surface area contributed by atoms with E-state index in [4.69, 9.17) is 90.2 Å². The molecule has 0 saturated carbocycles. The van der Waals surface area contributed by atoms with Crippen molar-refractivity contribution < 1.29 is 110 Å². The zero-order chi connectivity index (χ0) is 97.4. The molecule has 2 fully saturated rings. The number of ether oxygens (including phenoxy) is 13. The van der Waals surface area contributed by atoms with Crippen molar-refractivity contribution in [3.8, 4) is 51.0 Å². The number of likely N-dealkylation sites (tertiary alicyclic amines) is 2. The van der Waals surface area contributed by atoms with Crippen LogP contribution in [0.1, 0.15) is 221 Å². The van der Waals surface area contributed by atoms with Gasteiger partial charge in [-0.3, -0.25) is 24.0 Å². The summed E-state index contributed by atoms with van der Waals surface area (Å²) < 4.78 is 70.1. The lowest BCUT2D eigenvalue weighted by atomic mass is 9.84. The molecule has 10 N–H and O–H groups in total. The Balaban J connectivity index is 0.000000175. The van der Waals surface area contributed by atoms with Gasteiger partial charge in [0.25, 0.3) is 0 Å². The van der Waals surface area contributed by atoms with Gasteiger partial charge in [0.15, 0.2) is 0 Å². The van der Waals surface area contributed by atoms with Crippen LogP contribution in [0.4, 0.5) is 0 Å². The first-order valence-electron chi connectivity index (χ1n) is 46.4. The second-order valence-electron chi connectivity index (χ2n) is 32.2. The summed E-state index contributed by atoms with van der Waals surface area (Å²) in [6.07, 6.45) is 10.5. The first kappa shape index (κ1) is 104. The molecule has 135 heavy (non-hydrogen) atoms. The Morgan fingerprint density at radius 2 is 0.548 bits per heavy atom. The van der Waals surface area contributed by atoms with Crippen molar-refractivity contribution in [2.75, 3.05) is 79.0 Å². The van der Waals surface area contributed by atoms with E-state index in [-0.39, 0.29) is 154 Å². The number of piperidine rings is 2. The fraction of sp³-hybridized carbons (Fsp3) is 0.404. The quantitative estimate of drug-likeness (QED) is 0.0215. The van der Waals surface area contributed by atoms with Crippen molar-refractivity contribution in [1.29, 1.82) is 0 Å². The predicted octanol–water partition coefficient (Wildman–Crippen LogP) is 16.1. The molecule has 14 rings (SSSR count). The minimum absolute atomic E-state index is 0.00856. The van der Waals surface area contributed by atoms with E-state index in [1.54, 1.807) is 79.7 Å². The summed E-state index contributed by atoms with van der Waals surface area (Å²) in [6, 6.07) is 48.2. The Hall–Kier alpha value is -13.6.